The molecule has 0 aliphatic carbocycles. The quantitative estimate of drug-likeness (QED) is 0.768. The molecule has 1 aromatic heterocycles. The molecular formula is C12H19ClN2S. The van der Waals surface area contributed by atoms with Crippen LogP contribution < -0.4 is 4.90 Å². The van der Waals surface area contributed by atoms with E-state index in [1.165, 1.54) is 12.8 Å². The number of halogens is 1. The van der Waals surface area contributed by atoms with Crippen LogP contribution in [0.15, 0.2) is 5.38 Å². The molecule has 0 unspecified atom stereocenters. The molecule has 0 radical (unpaired) electrons. The van der Waals surface area contributed by atoms with Crippen molar-refractivity contribution in [3.8, 4) is 0 Å². The van der Waals surface area contributed by atoms with E-state index in [1.807, 2.05) is 0 Å². The SMILES string of the molecule is CC(C)C1CCN(c2nc(CCl)cs2)CC1. The summed E-state index contributed by atoms with van der Waals surface area (Å²) in [6, 6.07) is 0. The van der Waals surface area contributed by atoms with Crippen LogP contribution >= 0.6 is 22.9 Å². The number of thiazole rings is 1. The Hall–Kier alpha value is -0.280. The number of rotatable bonds is 3. The topological polar surface area (TPSA) is 16.1 Å². The molecule has 1 saturated heterocycles. The second-order valence-corrected chi connectivity index (χ2v) is 5.93. The minimum Gasteiger partial charge on any atom is -0.348 e. The summed E-state index contributed by atoms with van der Waals surface area (Å²) in [6.07, 6.45) is 2.60. The van der Waals surface area contributed by atoms with Gasteiger partial charge in [0.1, 0.15) is 0 Å². The van der Waals surface area contributed by atoms with Gasteiger partial charge in [-0.2, -0.15) is 0 Å². The standard InChI is InChI=1S/C12H19ClN2S/c1-9(2)10-3-5-15(6-4-10)12-14-11(7-13)8-16-12/h8-10H,3-7H2,1-2H3. The van der Waals surface area contributed by atoms with Crippen molar-refractivity contribution in [1.82, 2.24) is 4.98 Å². The summed E-state index contributed by atoms with van der Waals surface area (Å²) in [6.45, 7) is 6.96. The van der Waals surface area contributed by atoms with Crippen LogP contribution in [0, 0.1) is 11.8 Å². The van der Waals surface area contributed by atoms with Crippen LogP contribution in [0.25, 0.3) is 0 Å². The van der Waals surface area contributed by atoms with Crippen LogP contribution in [0.4, 0.5) is 5.13 Å². The van der Waals surface area contributed by atoms with Gasteiger partial charge in [-0.3, -0.25) is 0 Å². The molecule has 1 fully saturated rings. The van der Waals surface area contributed by atoms with Crippen LogP contribution in [0.2, 0.25) is 0 Å². The van der Waals surface area contributed by atoms with E-state index >= 15 is 0 Å². The van der Waals surface area contributed by atoms with Gasteiger partial charge in [-0.05, 0) is 24.7 Å². The molecule has 1 aliphatic rings. The molecule has 0 bridgehead atoms. The second-order valence-electron chi connectivity index (χ2n) is 4.82. The number of aromatic nitrogens is 1. The average molecular weight is 259 g/mol. The third-order valence-electron chi connectivity index (χ3n) is 3.43. The predicted octanol–water partition coefficient (Wildman–Crippen LogP) is 3.75. The van der Waals surface area contributed by atoms with Crippen molar-refractivity contribution in [2.45, 2.75) is 32.6 Å². The summed E-state index contributed by atoms with van der Waals surface area (Å²) >= 11 is 7.49. The van der Waals surface area contributed by atoms with Crippen LogP contribution in [0.3, 0.4) is 0 Å². The molecule has 0 saturated carbocycles. The van der Waals surface area contributed by atoms with E-state index in [9.17, 15) is 0 Å². The number of nitrogens with zero attached hydrogens (tertiary/aromatic N) is 2. The highest BCUT2D eigenvalue weighted by Crippen LogP contribution is 2.29. The fourth-order valence-electron chi connectivity index (χ4n) is 2.26. The molecule has 0 spiro atoms. The van der Waals surface area contributed by atoms with E-state index in [0.29, 0.717) is 5.88 Å². The molecule has 2 nitrogen and oxygen atoms in total. The van der Waals surface area contributed by atoms with Crippen molar-refractivity contribution in [3.63, 3.8) is 0 Å². The van der Waals surface area contributed by atoms with E-state index < -0.39 is 0 Å². The molecule has 0 amide bonds. The first kappa shape index (κ1) is 12.2. The molecule has 90 valence electrons. The maximum absolute atomic E-state index is 5.77. The molecule has 0 N–H and O–H groups in total. The molecule has 2 rings (SSSR count). The summed E-state index contributed by atoms with van der Waals surface area (Å²) in [5, 5.41) is 3.22. The average Bonchev–Trinajstić information content (AvgIpc) is 2.77. The first-order valence-corrected chi connectivity index (χ1v) is 7.37. The summed E-state index contributed by atoms with van der Waals surface area (Å²) in [7, 11) is 0. The van der Waals surface area contributed by atoms with Crippen molar-refractivity contribution in [1.29, 1.82) is 0 Å². The molecule has 16 heavy (non-hydrogen) atoms. The first-order valence-electron chi connectivity index (χ1n) is 5.96. The minimum atomic E-state index is 0.527. The van der Waals surface area contributed by atoms with Gasteiger partial charge >= 0.3 is 0 Å². The zero-order valence-electron chi connectivity index (χ0n) is 9.95. The Morgan fingerprint density at radius 1 is 1.50 bits per heavy atom. The van der Waals surface area contributed by atoms with Crippen LogP contribution in [0.5, 0.6) is 0 Å². The van der Waals surface area contributed by atoms with Gasteiger partial charge in [0, 0.05) is 18.5 Å². The maximum atomic E-state index is 5.77. The molecule has 1 aliphatic heterocycles. The highest BCUT2D eigenvalue weighted by Gasteiger charge is 2.22. The van der Waals surface area contributed by atoms with Gasteiger partial charge in [-0.25, -0.2) is 4.98 Å². The Kier molecular flexibility index (Phi) is 4.09. The lowest BCUT2D eigenvalue weighted by atomic mass is 9.87. The van der Waals surface area contributed by atoms with E-state index in [1.54, 1.807) is 11.3 Å². The van der Waals surface area contributed by atoms with Crippen molar-refractivity contribution >= 4 is 28.1 Å². The van der Waals surface area contributed by atoms with Crippen molar-refractivity contribution in [2.24, 2.45) is 11.8 Å². The largest absolute Gasteiger partial charge is 0.348 e. The minimum absolute atomic E-state index is 0.527. The van der Waals surface area contributed by atoms with Gasteiger partial charge in [0.15, 0.2) is 5.13 Å². The number of alkyl halides is 1. The van der Waals surface area contributed by atoms with Gasteiger partial charge in [-0.15, -0.1) is 22.9 Å². The van der Waals surface area contributed by atoms with Crippen molar-refractivity contribution in [3.05, 3.63) is 11.1 Å². The predicted molar refractivity (Wildman–Crippen MR) is 71.4 cm³/mol. The van der Waals surface area contributed by atoms with Gasteiger partial charge in [0.25, 0.3) is 0 Å². The fourth-order valence-corrected chi connectivity index (χ4v) is 3.37. The monoisotopic (exact) mass is 258 g/mol. The highest BCUT2D eigenvalue weighted by molar-refractivity contribution is 7.13. The van der Waals surface area contributed by atoms with Crippen LogP contribution in [-0.4, -0.2) is 18.1 Å². The van der Waals surface area contributed by atoms with E-state index in [-0.39, 0.29) is 0 Å². The summed E-state index contributed by atoms with van der Waals surface area (Å²) < 4.78 is 0. The molecular weight excluding hydrogens is 240 g/mol. The smallest absolute Gasteiger partial charge is 0.185 e. The zero-order valence-corrected chi connectivity index (χ0v) is 11.5. The molecule has 1 aromatic rings. The Morgan fingerprint density at radius 3 is 2.69 bits per heavy atom. The van der Waals surface area contributed by atoms with Gasteiger partial charge in [0.05, 0.1) is 11.6 Å². The first-order chi connectivity index (χ1) is 7.70. The lowest BCUT2D eigenvalue weighted by molar-refractivity contribution is 0.311. The molecule has 2 heterocycles. The van der Waals surface area contributed by atoms with E-state index in [2.05, 4.69) is 29.1 Å². The Balaban J connectivity index is 1.93. The lowest BCUT2D eigenvalue weighted by Gasteiger charge is -2.33. The Bertz CT molecular complexity index is 330. The second kappa shape index (κ2) is 5.37. The molecule has 4 heteroatoms. The highest BCUT2D eigenvalue weighted by atomic mass is 35.5. The number of piperidine rings is 1. The zero-order chi connectivity index (χ0) is 11.5. The lowest BCUT2D eigenvalue weighted by Crippen LogP contribution is -2.35. The number of anilines is 1. The van der Waals surface area contributed by atoms with Gasteiger partial charge < -0.3 is 4.90 Å². The summed E-state index contributed by atoms with van der Waals surface area (Å²) in [5.41, 5.74) is 1.01. The third kappa shape index (κ3) is 2.69. The Labute approximate surface area is 107 Å². The molecule has 0 atom stereocenters. The third-order valence-corrected chi connectivity index (χ3v) is 4.65. The van der Waals surface area contributed by atoms with Gasteiger partial charge in [0.2, 0.25) is 0 Å². The molecule has 0 aromatic carbocycles. The summed E-state index contributed by atoms with van der Waals surface area (Å²) in [4.78, 5) is 6.94. The van der Waals surface area contributed by atoms with E-state index in [0.717, 1.165) is 35.8 Å². The maximum Gasteiger partial charge on any atom is 0.185 e. The number of hydrogen-bond acceptors (Lipinski definition) is 3. The van der Waals surface area contributed by atoms with Gasteiger partial charge in [-0.1, -0.05) is 13.8 Å². The van der Waals surface area contributed by atoms with Crippen LogP contribution in [-0.2, 0) is 5.88 Å². The van der Waals surface area contributed by atoms with Crippen molar-refractivity contribution in [2.75, 3.05) is 18.0 Å². The summed E-state index contributed by atoms with van der Waals surface area (Å²) in [5.74, 6) is 2.24. The van der Waals surface area contributed by atoms with E-state index in [4.69, 9.17) is 11.6 Å². The van der Waals surface area contributed by atoms with Crippen LogP contribution in [0.1, 0.15) is 32.4 Å². The fraction of sp³-hybridized carbons (Fsp3) is 0.750. The number of hydrogen-bond donors (Lipinski definition) is 0. The Morgan fingerprint density at radius 2 is 2.19 bits per heavy atom. The van der Waals surface area contributed by atoms with Crippen molar-refractivity contribution < 1.29 is 0 Å². The normalized spacial score (nSPS) is 18.4.